The fourth-order valence-corrected chi connectivity index (χ4v) is 4.91. The predicted octanol–water partition coefficient (Wildman–Crippen LogP) is 1.93. The van der Waals surface area contributed by atoms with Crippen molar-refractivity contribution in [2.75, 3.05) is 6.61 Å². The standard InChI is InChI=1S/C13H19NO5S2/c1-4-19-11-6-10(13(11,2)3)14-21(17,18)8-5-9(12(15)16)20-7-8/h5,7,10-11,14H,4,6H2,1-3H3,(H,15,16). The number of thiophene rings is 1. The monoisotopic (exact) mass is 333 g/mol. The number of carbonyl (C=O) groups is 1. The molecule has 1 heterocycles. The van der Waals surface area contributed by atoms with Gasteiger partial charge < -0.3 is 9.84 Å². The van der Waals surface area contributed by atoms with Crippen LogP contribution in [-0.2, 0) is 14.8 Å². The zero-order valence-electron chi connectivity index (χ0n) is 12.1. The van der Waals surface area contributed by atoms with E-state index in [4.69, 9.17) is 9.84 Å². The van der Waals surface area contributed by atoms with Gasteiger partial charge in [0.2, 0.25) is 10.0 Å². The lowest BCUT2D eigenvalue weighted by Gasteiger charge is -2.51. The molecule has 0 aliphatic heterocycles. The van der Waals surface area contributed by atoms with E-state index in [0.717, 1.165) is 11.3 Å². The highest BCUT2D eigenvalue weighted by atomic mass is 32.2. The molecule has 0 aromatic carbocycles. The van der Waals surface area contributed by atoms with E-state index < -0.39 is 16.0 Å². The van der Waals surface area contributed by atoms with Crippen LogP contribution in [0.5, 0.6) is 0 Å². The van der Waals surface area contributed by atoms with E-state index in [2.05, 4.69) is 4.72 Å². The van der Waals surface area contributed by atoms with Gasteiger partial charge in [0, 0.05) is 23.4 Å². The first-order chi connectivity index (χ1) is 9.68. The van der Waals surface area contributed by atoms with Crippen LogP contribution in [0.15, 0.2) is 16.3 Å². The highest BCUT2D eigenvalue weighted by Gasteiger charge is 2.50. The Morgan fingerprint density at radius 2 is 2.24 bits per heavy atom. The smallest absolute Gasteiger partial charge is 0.345 e. The Bertz CT molecular complexity index is 635. The number of ether oxygens (including phenoxy) is 1. The number of hydrogen-bond acceptors (Lipinski definition) is 5. The van der Waals surface area contributed by atoms with Crippen molar-refractivity contribution in [2.45, 2.75) is 44.2 Å². The van der Waals surface area contributed by atoms with Crippen molar-refractivity contribution in [3.63, 3.8) is 0 Å². The summed E-state index contributed by atoms with van der Waals surface area (Å²) >= 11 is 0.902. The van der Waals surface area contributed by atoms with Gasteiger partial charge in [0.05, 0.1) is 11.0 Å². The lowest BCUT2D eigenvalue weighted by molar-refractivity contribution is -0.108. The number of carboxylic acid groups (broad SMARTS) is 1. The fourth-order valence-electron chi connectivity index (χ4n) is 2.40. The summed E-state index contributed by atoms with van der Waals surface area (Å²) in [4.78, 5) is 10.8. The molecular weight excluding hydrogens is 314 g/mol. The molecule has 0 spiro atoms. The van der Waals surface area contributed by atoms with E-state index in [9.17, 15) is 13.2 Å². The second-order valence-corrected chi connectivity index (χ2v) is 8.25. The normalized spacial score (nSPS) is 24.5. The molecule has 8 heteroatoms. The summed E-state index contributed by atoms with van der Waals surface area (Å²) in [5.74, 6) is -1.12. The first kappa shape index (κ1) is 16.4. The molecule has 118 valence electrons. The number of carboxylic acids is 1. The number of aromatic carboxylic acids is 1. The Labute approximate surface area is 128 Å². The SMILES string of the molecule is CCOC1CC(NS(=O)(=O)c2csc(C(=O)O)c2)C1(C)C. The molecule has 1 fully saturated rings. The molecule has 1 aromatic rings. The van der Waals surface area contributed by atoms with E-state index in [1.165, 1.54) is 11.4 Å². The molecule has 21 heavy (non-hydrogen) atoms. The van der Waals surface area contributed by atoms with E-state index in [0.29, 0.717) is 13.0 Å². The third-order valence-electron chi connectivity index (χ3n) is 3.94. The highest BCUT2D eigenvalue weighted by Crippen LogP contribution is 2.43. The van der Waals surface area contributed by atoms with Gasteiger partial charge in [-0.25, -0.2) is 17.9 Å². The molecule has 1 aliphatic carbocycles. The number of hydrogen-bond donors (Lipinski definition) is 2. The molecule has 2 unspecified atom stereocenters. The lowest BCUT2D eigenvalue weighted by atomic mass is 9.65. The lowest BCUT2D eigenvalue weighted by Crippen LogP contribution is -2.61. The molecule has 2 N–H and O–H groups in total. The van der Waals surface area contributed by atoms with Crippen LogP contribution in [0.25, 0.3) is 0 Å². The molecule has 0 saturated heterocycles. The van der Waals surface area contributed by atoms with Gasteiger partial charge in [0.25, 0.3) is 0 Å². The Hall–Kier alpha value is -0.960. The van der Waals surface area contributed by atoms with Crippen LogP contribution >= 0.6 is 11.3 Å². The maximum absolute atomic E-state index is 12.3. The fraction of sp³-hybridized carbons (Fsp3) is 0.615. The molecule has 0 bridgehead atoms. The van der Waals surface area contributed by atoms with Crippen LogP contribution in [-0.4, -0.2) is 38.2 Å². The van der Waals surface area contributed by atoms with Gasteiger partial charge in [0.1, 0.15) is 4.88 Å². The van der Waals surface area contributed by atoms with Crippen LogP contribution < -0.4 is 4.72 Å². The summed E-state index contributed by atoms with van der Waals surface area (Å²) in [6.07, 6.45) is 0.656. The van der Waals surface area contributed by atoms with Crippen molar-refractivity contribution < 1.29 is 23.1 Å². The van der Waals surface area contributed by atoms with Crippen LogP contribution in [0.4, 0.5) is 0 Å². The van der Waals surface area contributed by atoms with Gasteiger partial charge >= 0.3 is 5.97 Å². The van der Waals surface area contributed by atoms with Gasteiger partial charge in [-0.3, -0.25) is 0 Å². The Morgan fingerprint density at radius 3 is 2.71 bits per heavy atom. The van der Waals surface area contributed by atoms with Crippen LogP contribution in [0.3, 0.4) is 0 Å². The molecule has 1 aliphatic rings. The molecule has 6 nitrogen and oxygen atoms in total. The molecule has 0 radical (unpaired) electrons. The largest absolute Gasteiger partial charge is 0.477 e. The van der Waals surface area contributed by atoms with Crippen molar-refractivity contribution in [1.29, 1.82) is 0 Å². The van der Waals surface area contributed by atoms with Crippen LogP contribution in [0, 0.1) is 5.41 Å². The summed E-state index contributed by atoms with van der Waals surface area (Å²) in [5.41, 5.74) is -0.283. The summed E-state index contributed by atoms with van der Waals surface area (Å²) < 4.78 is 32.8. The van der Waals surface area contributed by atoms with E-state index >= 15 is 0 Å². The minimum Gasteiger partial charge on any atom is -0.477 e. The quantitative estimate of drug-likeness (QED) is 0.830. The zero-order valence-corrected chi connectivity index (χ0v) is 13.8. The van der Waals surface area contributed by atoms with Gasteiger partial charge in [-0.05, 0) is 19.4 Å². The average Bonchev–Trinajstić information content (AvgIpc) is 2.88. The Balaban J connectivity index is 2.10. The minimum absolute atomic E-state index is 0.000518. The summed E-state index contributed by atoms with van der Waals surface area (Å²) in [7, 11) is -3.70. The topological polar surface area (TPSA) is 92.7 Å². The number of nitrogens with one attached hydrogen (secondary N) is 1. The maximum atomic E-state index is 12.3. The summed E-state index contributed by atoms with van der Waals surface area (Å²) in [6.45, 7) is 6.42. The Kier molecular flexibility index (Phi) is 4.44. The summed E-state index contributed by atoms with van der Waals surface area (Å²) in [6, 6.07) is 0.966. The first-order valence-corrected chi connectivity index (χ1v) is 9.00. The second-order valence-electron chi connectivity index (χ2n) is 5.63. The molecule has 1 saturated carbocycles. The van der Waals surface area contributed by atoms with Crippen molar-refractivity contribution in [3.8, 4) is 0 Å². The minimum atomic E-state index is -3.70. The van der Waals surface area contributed by atoms with Crippen LogP contribution in [0.1, 0.15) is 36.9 Å². The molecule has 0 amide bonds. The molecule has 1 aromatic heterocycles. The van der Waals surface area contributed by atoms with Gasteiger partial charge in [-0.15, -0.1) is 11.3 Å². The third kappa shape index (κ3) is 3.13. The predicted molar refractivity (Wildman–Crippen MR) is 79.2 cm³/mol. The van der Waals surface area contributed by atoms with Crippen LogP contribution in [0.2, 0.25) is 0 Å². The second kappa shape index (κ2) is 5.68. The van der Waals surface area contributed by atoms with Crippen molar-refractivity contribution >= 4 is 27.3 Å². The van der Waals surface area contributed by atoms with Crippen molar-refractivity contribution in [1.82, 2.24) is 4.72 Å². The van der Waals surface area contributed by atoms with Gasteiger partial charge in [0.15, 0.2) is 0 Å². The van der Waals surface area contributed by atoms with E-state index in [1.54, 1.807) is 0 Å². The number of sulfonamides is 1. The van der Waals surface area contributed by atoms with E-state index in [-0.39, 0.29) is 27.3 Å². The van der Waals surface area contributed by atoms with E-state index in [1.807, 2.05) is 20.8 Å². The van der Waals surface area contributed by atoms with Gasteiger partial charge in [-0.2, -0.15) is 0 Å². The summed E-state index contributed by atoms with van der Waals surface area (Å²) in [5, 5.41) is 10.2. The third-order valence-corrected chi connectivity index (χ3v) is 6.46. The highest BCUT2D eigenvalue weighted by molar-refractivity contribution is 7.89. The average molecular weight is 333 g/mol. The van der Waals surface area contributed by atoms with Crippen molar-refractivity contribution in [3.05, 3.63) is 16.3 Å². The first-order valence-electron chi connectivity index (χ1n) is 6.64. The maximum Gasteiger partial charge on any atom is 0.345 e. The molecule has 2 rings (SSSR count). The zero-order chi connectivity index (χ0) is 15.8. The molecular formula is C13H19NO5S2. The van der Waals surface area contributed by atoms with Crippen molar-refractivity contribution in [2.24, 2.45) is 5.41 Å². The molecule has 2 atom stereocenters. The Morgan fingerprint density at radius 1 is 1.57 bits per heavy atom. The number of rotatable bonds is 6. The van der Waals surface area contributed by atoms with Gasteiger partial charge in [-0.1, -0.05) is 13.8 Å².